The first kappa shape index (κ1) is 12.4. The van der Waals surface area contributed by atoms with Crippen LogP contribution in [0.15, 0.2) is 29.4 Å². The number of benzene rings is 1. The molecule has 0 aliphatic carbocycles. The van der Waals surface area contributed by atoms with Gasteiger partial charge in [0.15, 0.2) is 0 Å². The van der Waals surface area contributed by atoms with E-state index in [0.717, 1.165) is 0 Å². The Kier molecular flexibility index (Phi) is 4.72. The van der Waals surface area contributed by atoms with Crippen LogP contribution in [-0.4, -0.2) is 11.3 Å². The van der Waals surface area contributed by atoms with Gasteiger partial charge in [0.25, 0.3) is 0 Å². The quantitative estimate of drug-likeness (QED) is 0.504. The zero-order valence-corrected chi connectivity index (χ0v) is 9.29. The Morgan fingerprint density at radius 1 is 1.56 bits per heavy atom. The third-order valence-electron chi connectivity index (χ3n) is 1.63. The molecule has 0 spiro atoms. The second kappa shape index (κ2) is 6.07. The van der Waals surface area contributed by atoms with Gasteiger partial charge in [-0.25, -0.2) is 9.18 Å². The van der Waals surface area contributed by atoms with Crippen molar-refractivity contribution in [2.75, 3.05) is 5.32 Å². The average Bonchev–Trinajstić information content (AvgIpc) is 2.29. The minimum absolute atomic E-state index is 0.0234. The van der Waals surface area contributed by atoms with Crippen LogP contribution < -0.4 is 5.32 Å². The fourth-order valence-corrected chi connectivity index (χ4v) is 0.885. The van der Waals surface area contributed by atoms with Crippen molar-refractivity contribution in [3.05, 3.63) is 30.1 Å². The van der Waals surface area contributed by atoms with E-state index in [0.29, 0.717) is 6.42 Å². The number of oxime groups is 1. The summed E-state index contributed by atoms with van der Waals surface area (Å²) in [5.74, 6) is -0.551. The molecule has 0 aliphatic heterocycles. The Labute approximate surface area is 97.0 Å². The molecule has 0 fully saturated rings. The van der Waals surface area contributed by atoms with Gasteiger partial charge in [-0.05, 0) is 12.1 Å². The van der Waals surface area contributed by atoms with Crippen LogP contribution >= 0.6 is 11.6 Å². The minimum Gasteiger partial charge on any atom is -0.297 e. The lowest BCUT2D eigenvalue weighted by Crippen LogP contribution is -2.12. The molecule has 0 saturated carbocycles. The number of hydrogen-bond acceptors (Lipinski definition) is 3. The van der Waals surface area contributed by atoms with Gasteiger partial charge >= 0.3 is 6.09 Å². The molecule has 0 heterocycles. The van der Waals surface area contributed by atoms with Gasteiger partial charge in [-0.2, -0.15) is 0 Å². The van der Waals surface area contributed by atoms with Crippen LogP contribution in [0.25, 0.3) is 0 Å². The monoisotopic (exact) mass is 244 g/mol. The molecule has 86 valence electrons. The summed E-state index contributed by atoms with van der Waals surface area (Å²) in [6.07, 6.45) is -0.439. The zero-order valence-electron chi connectivity index (χ0n) is 8.54. The molecule has 1 amide bonds. The maximum Gasteiger partial charge on any atom is 0.437 e. The van der Waals surface area contributed by atoms with Crippen LogP contribution in [-0.2, 0) is 4.84 Å². The van der Waals surface area contributed by atoms with E-state index in [2.05, 4.69) is 15.3 Å². The minimum atomic E-state index is -0.892. The summed E-state index contributed by atoms with van der Waals surface area (Å²) in [7, 11) is 0. The molecule has 16 heavy (non-hydrogen) atoms. The molecule has 1 aromatic carbocycles. The lowest BCUT2D eigenvalue weighted by Gasteiger charge is -2.03. The van der Waals surface area contributed by atoms with Crippen molar-refractivity contribution in [3.8, 4) is 0 Å². The Bertz CT molecular complexity index is 410. The van der Waals surface area contributed by atoms with E-state index < -0.39 is 11.9 Å². The van der Waals surface area contributed by atoms with Gasteiger partial charge in [0.05, 0.1) is 5.69 Å². The number of carbonyl (C=O) groups excluding carboxylic acids is 1. The highest BCUT2D eigenvalue weighted by molar-refractivity contribution is 6.65. The summed E-state index contributed by atoms with van der Waals surface area (Å²) in [4.78, 5) is 15.5. The summed E-state index contributed by atoms with van der Waals surface area (Å²) in [6, 6.07) is 5.72. The lowest BCUT2D eigenvalue weighted by atomic mass is 10.3. The third-order valence-corrected chi connectivity index (χ3v) is 1.97. The molecule has 0 bridgehead atoms. The van der Waals surface area contributed by atoms with Crippen molar-refractivity contribution in [1.29, 1.82) is 0 Å². The lowest BCUT2D eigenvalue weighted by molar-refractivity contribution is 0.166. The van der Waals surface area contributed by atoms with Gasteiger partial charge in [-0.15, -0.1) is 0 Å². The van der Waals surface area contributed by atoms with Gasteiger partial charge in [-0.3, -0.25) is 10.2 Å². The largest absolute Gasteiger partial charge is 0.437 e. The van der Waals surface area contributed by atoms with Gasteiger partial charge in [0.2, 0.25) is 0 Å². The van der Waals surface area contributed by atoms with E-state index in [4.69, 9.17) is 11.6 Å². The molecule has 0 unspecified atom stereocenters. The number of nitrogens with zero attached hydrogens (tertiary/aromatic N) is 1. The highest BCUT2D eigenvalue weighted by Gasteiger charge is 2.06. The highest BCUT2D eigenvalue weighted by atomic mass is 35.5. The number of rotatable bonds is 3. The number of hydrogen-bond donors (Lipinski definition) is 1. The van der Waals surface area contributed by atoms with Crippen LogP contribution in [0.5, 0.6) is 0 Å². The molecular weight excluding hydrogens is 235 g/mol. The molecule has 0 atom stereocenters. The van der Waals surface area contributed by atoms with Crippen molar-refractivity contribution in [1.82, 2.24) is 0 Å². The van der Waals surface area contributed by atoms with Gasteiger partial charge < -0.3 is 0 Å². The number of para-hydroxylation sites is 1. The molecule has 0 aromatic heterocycles. The van der Waals surface area contributed by atoms with Crippen LogP contribution in [0.1, 0.15) is 13.3 Å². The maximum absolute atomic E-state index is 13.1. The van der Waals surface area contributed by atoms with Crippen molar-refractivity contribution in [2.24, 2.45) is 5.16 Å². The molecule has 0 saturated heterocycles. The molecule has 0 aliphatic rings. The second-order valence-corrected chi connectivity index (χ2v) is 3.24. The number of nitrogens with one attached hydrogen (secondary N) is 1. The summed E-state index contributed by atoms with van der Waals surface area (Å²) in [5.41, 5.74) is 0.0234. The Morgan fingerprint density at radius 2 is 2.25 bits per heavy atom. The molecule has 1 rings (SSSR count). The van der Waals surface area contributed by atoms with E-state index in [1.54, 1.807) is 13.0 Å². The van der Waals surface area contributed by atoms with Crippen molar-refractivity contribution < 1.29 is 14.0 Å². The standard InChI is InChI=1S/C10H10ClFN2O2/c1-2-9(11)14-16-10(15)13-8-6-4-3-5-7(8)12/h3-6H,2H2,1H3,(H,13,15). The van der Waals surface area contributed by atoms with E-state index in [9.17, 15) is 9.18 Å². The van der Waals surface area contributed by atoms with Gasteiger partial charge in [0.1, 0.15) is 11.0 Å². The van der Waals surface area contributed by atoms with E-state index in [1.807, 2.05) is 0 Å². The maximum atomic E-state index is 13.1. The first-order chi connectivity index (χ1) is 7.63. The topological polar surface area (TPSA) is 50.7 Å². The summed E-state index contributed by atoms with van der Waals surface area (Å²) >= 11 is 5.51. The summed E-state index contributed by atoms with van der Waals surface area (Å²) < 4.78 is 13.1. The number of amides is 1. The zero-order chi connectivity index (χ0) is 12.0. The third kappa shape index (κ3) is 3.86. The summed E-state index contributed by atoms with van der Waals surface area (Å²) in [5, 5.41) is 5.66. The second-order valence-electron chi connectivity index (χ2n) is 2.80. The predicted octanol–water partition coefficient (Wildman–Crippen LogP) is 3.34. The SMILES string of the molecule is CCC(Cl)=NOC(=O)Nc1ccccc1F. The summed E-state index contributed by atoms with van der Waals surface area (Å²) in [6.45, 7) is 1.75. The first-order valence-electron chi connectivity index (χ1n) is 4.58. The normalized spacial score (nSPS) is 11.1. The first-order valence-corrected chi connectivity index (χ1v) is 4.96. The molecule has 4 nitrogen and oxygen atoms in total. The fourth-order valence-electron chi connectivity index (χ4n) is 0.851. The number of anilines is 1. The van der Waals surface area contributed by atoms with Crippen LogP contribution in [0, 0.1) is 5.82 Å². The van der Waals surface area contributed by atoms with Crippen molar-refractivity contribution in [3.63, 3.8) is 0 Å². The van der Waals surface area contributed by atoms with Crippen LogP contribution in [0.4, 0.5) is 14.9 Å². The Morgan fingerprint density at radius 3 is 2.88 bits per heavy atom. The van der Waals surface area contributed by atoms with E-state index in [-0.39, 0.29) is 10.9 Å². The van der Waals surface area contributed by atoms with Crippen molar-refractivity contribution >= 4 is 28.6 Å². The molecular formula is C10H10ClFN2O2. The number of halogens is 2. The van der Waals surface area contributed by atoms with Crippen LogP contribution in [0.2, 0.25) is 0 Å². The van der Waals surface area contributed by atoms with Crippen LogP contribution in [0.3, 0.4) is 0 Å². The number of carbonyl (C=O) groups is 1. The fraction of sp³-hybridized carbons (Fsp3) is 0.200. The molecule has 0 radical (unpaired) electrons. The molecule has 1 aromatic rings. The highest BCUT2D eigenvalue weighted by Crippen LogP contribution is 2.12. The average molecular weight is 245 g/mol. The Balaban J connectivity index is 2.56. The van der Waals surface area contributed by atoms with Gasteiger partial charge in [-0.1, -0.05) is 35.8 Å². The predicted molar refractivity (Wildman–Crippen MR) is 60.1 cm³/mol. The van der Waals surface area contributed by atoms with E-state index >= 15 is 0 Å². The Hall–Kier alpha value is -1.62. The smallest absolute Gasteiger partial charge is 0.297 e. The van der Waals surface area contributed by atoms with Gasteiger partial charge in [0, 0.05) is 6.42 Å². The molecule has 6 heteroatoms. The van der Waals surface area contributed by atoms with E-state index in [1.165, 1.54) is 18.2 Å². The van der Waals surface area contributed by atoms with Crippen molar-refractivity contribution in [2.45, 2.75) is 13.3 Å². The molecule has 1 N–H and O–H groups in total.